The molecule has 0 heterocycles. The molecule has 0 unspecified atom stereocenters. The maximum absolute atomic E-state index is 5.55. The van der Waals surface area contributed by atoms with Crippen LogP contribution in [0.25, 0.3) is 0 Å². The molecule has 1 rings (SSSR count). The maximum atomic E-state index is 5.55. The molecule has 0 aliphatic heterocycles. The Morgan fingerprint density at radius 2 is 1.92 bits per heavy atom. The van der Waals surface area contributed by atoms with E-state index in [0.29, 0.717) is 0 Å². The molecule has 0 saturated carbocycles. The molecule has 1 aromatic carbocycles. The predicted octanol–water partition coefficient (Wildman–Crippen LogP) is 1.66. The highest BCUT2D eigenvalue weighted by Gasteiger charge is 2.00. The lowest BCUT2D eigenvalue weighted by Crippen LogP contribution is -2.20. The number of anilines is 2. The molecule has 2 N–H and O–H groups in total. The van der Waals surface area contributed by atoms with Gasteiger partial charge < -0.3 is 5.73 Å². The SMILES string of the molecule is CCN(OC)c1ccc(N)cc1. The summed E-state index contributed by atoms with van der Waals surface area (Å²) in [5, 5.41) is 1.79. The molecular weight excluding hydrogens is 152 g/mol. The second kappa shape index (κ2) is 3.97. The summed E-state index contributed by atoms with van der Waals surface area (Å²) in [7, 11) is 1.65. The standard InChI is InChI=1S/C9H14N2O/c1-3-11(12-2)9-6-4-8(10)5-7-9/h4-7H,3,10H2,1-2H3. The van der Waals surface area contributed by atoms with E-state index < -0.39 is 0 Å². The van der Waals surface area contributed by atoms with Gasteiger partial charge in [0, 0.05) is 12.2 Å². The van der Waals surface area contributed by atoms with Crippen molar-refractivity contribution in [1.82, 2.24) is 0 Å². The lowest BCUT2D eigenvalue weighted by atomic mass is 10.3. The van der Waals surface area contributed by atoms with Gasteiger partial charge in [-0.05, 0) is 31.2 Å². The Balaban J connectivity index is 2.80. The van der Waals surface area contributed by atoms with Crippen LogP contribution in [-0.4, -0.2) is 13.7 Å². The van der Waals surface area contributed by atoms with Gasteiger partial charge in [0.25, 0.3) is 0 Å². The molecule has 0 amide bonds. The van der Waals surface area contributed by atoms with Crippen molar-refractivity contribution in [3.63, 3.8) is 0 Å². The van der Waals surface area contributed by atoms with Crippen LogP contribution < -0.4 is 10.8 Å². The second-order valence-corrected chi connectivity index (χ2v) is 2.47. The number of nitrogen functional groups attached to an aromatic ring is 1. The third-order valence-electron chi connectivity index (χ3n) is 1.69. The minimum atomic E-state index is 0.769. The van der Waals surface area contributed by atoms with Gasteiger partial charge >= 0.3 is 0 Å². The molecule has 0 aliphatic rings. The Bertz CT molecular complexity index is 229. The lowest BCUT2D eigenvalue weighted by molar-refractivity contribution is 0.171. The van der Waals surface area contributed by atoms with Crippen molar-refractivity contribution in [2.45, 2.75) is 6.92 Å². The Labute approximate surface area is 72.7 Å². The fraction of sp³-hybridized carbons (Fsp3) is 0.333. The minimum absolute atomic E-state index is 0.769. The van der Waals surface area contributed by atoms with Crippen molar-refractivity contribution in [1.29, 1.82) is 0 Å². The summed E-state index contributed by atoms with van der Waals surface area (Å²) in [5.74, 6) is 0. The Morgan fingerprint density at radius 3 is 2.33 bits per heavy atom. The van der Waals surface area contributed by atoms with Gasteiger partial charge in [-0.2, -0.15) is 0 Å². The Morgan fingerprint density at radius 1 is 1.33 bits per heavy atom. The highest BCUT2D eigenvalue weighted by Crippen LogP contribution is 2.15. The molecule has 0 fully saturated rings. The predicted molar refractivity (Wildman–Crippen MR) is 50.9 cm³/mol. The van der Waals surface area contributed by atoms with Crippen LogP contribution in [0.3, 0.4) is 0 Å². The zero-order valence-corrected chi connectivity index (χ0v) is 7.45. The smallest absolute Gasteiger partial charge is 0.0639 e. The van der Waals surface area contributed by atoms with Crippen LogP contribution in [0.4, 0.5) is 11.4 Å². The Hall–Kier alpha value is -1.22. The fourth-order valence-corrected chi connectivity index (χ4v) is 1.06. The first kappa shape index (κ1) is 8.87. The van der Waals surface area contributed by atoms with Crippen molar-refractivity contribution < 1.29 is 4.84 Å². The highest BCUT2D eigenvalue weighted by molar-refractivity contribution is 5.51. The van der Waals surface area contributed by atoms with E-state index in [1.807, 2.05) is 31.2 Å². The summed E-state index contributed by atoms with van der Waals surface area (Å²) in [6.07, 6.45) is 0. The molecule has 1 aromatic rings. The van der Waals surface area contributed by atoms with E-state index in [1.165, 1.54) is 0 Å². The molecule has 0 atom stereocenters. The topological polar surface area (TPSA) is 38.5 Å². The van der Waals surface area contributed by atoms with Crippen molar-refractivity contribution in [3.05, 3.63) is 24.3 Å². The molecule has 12 heavy (non-hydrogen) atoms. The van der Waals surface area contributed by atoms with E-state index in [2.05, 4.69) is 0 Å². The van der Waals surface area contributed by atoms with Crippen molar-refractivity contribution in [3.8, 4) is 0 Å². The van der Waals surface area contributed by atoms with E-state index in [1.54, 1.807) is 12.2 Å². The summed E-state index contributed by atoms with van der Waals surface area (Å²) in [5.41, 5.74) is 7.34. The average Bonchev–Trinajstić information content (AvgIpc) is 2.10. The molecule has 0 bridgehead atoms. The number of hydrogen-bond acceptors (Lipinski definition) is 3. The number of rotatable bonds is 3. The normalized spacial score (nSPS) is 9.83. The van der Waals surface area contributed by atoms with Crippen LogP contribution in [0.15, 0.2) is 24.3 Å². The van der Waals surface area contributed by atoms with Crippen LogP contribution in [0.5, 0.6) is 0 Å². The quantitative estimate of drug-likeness (QED) is 0.548. The minimum Gasteiger partial charge on any atom is -0.399 e. The molecule has 0 spiro atoms. The van der Waals surface area contributed by atoms with Crippen LogP contribution in [0.2, 0.25) is 0 Å². The third kappa shape index (κ3) is 1.89. The molecule has 0 aromatic heterocycles. The van der Waals surface area contributed by atoms with Crippen LogP contribution >= 0.6 is 0 Å². The summed E-state index contributed by atoms with van der Waals surface area (Å²) < 4.78 is 0. The molecular formula is C9H14N2O. The fourth-order valence-electron chi connectivity index (χ4n) is 1.06. The molecule has 0 saturated heterocycles. The summed E-state index contributed by atoms with van der Waals surface area (Å²) in [4.78, 5) is 5.12. The number of hydrogen-bond donors (Lipinski definition) is 1. The van der Waals surface area contributed by atoms with Crippen molar-refractivity contribution in [2.75, 3.05) is 24.5 Å². The highest BCUT2D eigenvalue weighted by atomic mass is 16.7. The number of nitrogens with two attached hydrogens (primary N) is 1. The van der Waals surface area contributed by atoms with Crippen LogP contribution in [0, 0.1) is 0 Å². The molecule has 3 heteroatoms. The van der Waals surface area contributed by atoms with Gasteiger partial charge in [0.1, 0.15) is 0 Å². The summed E-state index contributed by atoms with van der Waals surface area (Å²) in [6.45, 7) is 2.85. The van der Waals surface area contributed by atoms with Gasteiger partial charge in [-0.1, -0.05) is 0 Å². The largest absolute Gasteiger partial charge is 0.399 e. The number of hydroxylamine groups is 1. The lowest BCUT2D eigenvalue weighted by Gasteiger charge is -2.19. The molecule has 0 aliphatic carbocycles. The average molecular weight is 166 g/mol. The van der Waals surface area contributed by atoms with Gasteiger partial charge in [-0.15, -0.1) is 0 Å². The van der Waals surface area contributed by atoms with Crippen LogP contribution in [0.1, 0.15) is 6.92 Å². The monoisotopic (exact) mass is 166 g/mol. The maximum Gasteiger partial charge on any atom is 0.0639 e. The van der Waals surface area contributed by atoms with Crippen LogP contribution in [-0.2, 0) is 4.84 Å². The van der Waals surface area contributed by atoms with E-state index in [4.69, 9.17) is 10.6 Å². The third-order valence-corrected chi connectivity index (χ3v) is 1.69. The van der Waals surface area contributed by atoms with E-state index >= 15 is 0 Å². The number of benzene rings is 1. The van der Waals surface area contributed by atoms with E-state index in [9.17, 15) is 0 Å². The zero-order valence-electron chi connectivity index (χ0n) is 7.45. The van der Waals surface area contributed by atoms with Gasteiger partial charge in [-0.25, -0.2) is 0 Å². The second-order valence-electron chi connectivity index (χ2n) is 2.47. The van der Waals surface area contributed by atoms with Crippen molar-refractivity contribution in [2.24, 2.45) is 0 Å². The van der Waals surface area contributed by atoms with Gasteiger partial charge in [-0.3, -0.25) is 9.90 Å². The zero-order chi connectivity index (χ0) is 8.97. The van der Waals surface area contributed by atoms with Gasteiger partial charge in [0.05, 0.1) is 12.8 Å². The molecule has 0 radical (unpaired) electrons. The van der Waals surface area contributed by atoms with Gasteiger partial charge in [0.2, 0.25) is 0 Å². The van der Waals surface area contributed by atoms with Gasteiger partial charge in [0.15, 0.2) is 0 Å². The van der Waals surface area contributed by atoms with E-state index in [0.717, 1.165) is 17.9 Å². The first-order valence-corrected chi connectivity index (χ1v) is 3.95. The Kier molecular flexibility index (Phi) is 2.94. The van der Waals surface area contributed by atoms with E-state index in [-0.39, 0.29) is 0 Å². The van der Waals surface area contributed by atoms with Crippen molar-refractivity contribution >= 4 is 11.4 Å². The summed E-state index contributed by atoms with van der Waals surface area (Å²) >= 11 is 0. The number of nitrogens with zero attached hydrogens (tertiary/aromatic N) is 1. The first-order chi connectivity index (χ1) is 5.77. The summed E-state index contributed by atoms with van der Waals surface area (Å²) in [6, 6.07) is 7.58. The first-order valence-electron chi connectivity index (χ1n) is 3.95. The molecule has 66 valence electrons. The molecule has 3 nitrogen and oxygen atoms in total.